The predicted molar refractivity (Wildman–Crippen MR) is 85.2 cm³/mol. The lowest BCUT2D eigenvalue weighted by Gasteiger charge is -2.46. The molecule has 0 radical (unpaired) electrons. The highest BCUT2D eigenvalue weighted by Crippen LogP contribution is 2.40. The smallest absolute Gasteiger partial charge is 0.226 e. The Balaban J connectivity index is 3.98. The summed E-state index contributed by atoms with van der Waals surface area (Å²) in [5.41, 5.74) is 5.67. The Labute approximate surface area is 136 Å². The van der Waals surface area contributed by atoms with Crippen LogP contribution in [-0.4, -0.2) is 73.1 Å². The Kier molecular flexibility index (Phi) is 4.84. The van der Waals surface area contributed by atoms with Gasteiger partial charge < -0.3 is 5.73 Å². The van der Waals surface area contributed by atoms with E-state index in [1.807, 2.05) is 5.32 Å². The zero-order valence-corrected chi connectivity index (χ0v) is 16.2. The summed E-state index contributed by atoms with van der Waals surface area (Å²) in [4.78, 5) is 0. The van der Waals surface area contributed by atoms with Crippen LogP contribution in [0.3, 0.4) is 0 Å². The summed E-state index contributed by atoms with van der Waals surface area (Å²) in [6.07, 6.45) is 0.973. The van der Waals surface area contributed by atoms with Gasteiger partial charge in [-0.15, -0.1) is 0 Å². The standard InChI is InChI=1S/C9H20N2O8S4/c1-20(12,13)8(21(2,14)15)5-7(10)6-9(11-8,22(3,16)17)23(4,18)19/h7,11H,5-6,10H2,1-4H3. The highest BCUT2D eigenvalue weighted by atomic mass is 32.3. The number of nitrogens with two attached hydrogens (primary N) is 1. The van der Waals surface area contributed by atoms with Crippen LogP contribution in [0.15, 0.2) is 0 Å². The van der Waals surface area contributed by atoms with Crippen LogP contribution in [0.25, 0.3) is 0 Å². The van der Waals surface area contributed by atoms with Crippen LogP contribution >= 0.6 is 0 Å². The number of piperidine rings is 1. The van der Waals surface area contributed by atoms with Gasteiger partial charge in [0, 0.05) is 43.9 Å². The molecule has 1 aliphatic rings. The van der Waals surface area contributed by atoms with Gasteiger partial charge in [-0.2, -0.15) is 0 Å². The lowest BCUT2D eigenvalue weighted by molar-refractivity contribution is 0.320. The van der Waals surface area contributed by atoms with Crippen molar-refractivity contribution in [2.45, 2.75) is 27.3 Å². The number of rotatable bonds is 4. The van der Waals surface area contributed by atoms with Gasteiger partial charge in [-0.05, 0) is 0 Å². The molecule has 1 aliphatic heterocycles. The highest BCUT2D eigenvalue weighted by Gasteiger charge is 2.65. The topological polar surface area (TPSA) is 175 Å². The van der Waals surface area contributed by atoms with Gasteiger partial charge in [0.1, 0.15) is 0 Å². The van der Waals surface area contributed by atoms with Crippen molar-refractivity contribution in [2.75, 3.05) is 25.0 Å². The maximum atomic E-state index is 12.2. The maximum absolute atomic E-state index is 12.2. The quantitative estimate of drug-likeness (QED) is 0.490. The molecule has 1 saturated heterocycles. The van der Waals surface area contributed by atoms with Crippen molar-refractivity contribution in [3.05, 3.63) is 0 Å². The van der Waals surface area contributed by atoms with E-state index in [-0.39, 0.29) is 0 Å². The minimum atomic E-state index is -4.48. The average molecular weight is 413 g/mol. The van der Waals surface area contributed by atoms with E-state index >= 15 is 0 Å². The molecule has 0 saturated carbocycles. The number of hydrogen-bond donors (Lipinski definition) is 2. The predicted octanol–water partition coefficient (Wildman–Crippen LogP) is -2.82. The molecule has 138 valence electrons. The molecule has 1 rings (SSSR count). The Hall–Kier alpha value is -0.280. The molecule has 0 atom stereocenters. The molecule has 0 aromatic carbocycles. The van der Waals surface area contributed by atoms with E-state index in [1.165, 1.54) is 0 Å². The van der Waals surface area contributed by atoms with Gasteiger partial charge in [-0.25, -0.2) is 33.7 Å². The van der Waals surface area contributed by atoms with Gasteiger partial charge in [-0.1, -0.05) is 0 Å². The van der Waals surface area contributed by atoms with E-state index in [2.05, 4.69) is 0 Å². The first-order chi connectivity index (χ1) is 9.81. The maximum Gasteiger partial charge on any atom is 0.226 e. The number of sulfone groups is 4. The van der Waals surface area contributed by atoms with Crippen molar-refractivity contribution in [3.8, 4) is 0 Å². The van der Waals surface area contributed by atoms with E-state index < -0.39 is 66.6 Å². The zero-order chi connectivity index (χ0) is 18.7. The van der Waals surface area contributed by atoms with Gasteiger partial charge in [-0.3, -0.25) is 5.32 Å². The molecule has 0 aromatic rings. The normalized spacial score (nSPS) is 23.5. The second kappa shape index (κ2) is 5.36. The molecule has 14 heteroatoms. The molecule has 0 unspecified atom stereocenters. The van der Waals surface area contributed by atoms with Crippen molar-refractivity contribution in [1.29, 1.82) is 0 Å². The first-order valence-corrected chi connectivity index (χ1v) is 13.7. The van der Waals surface area contributed by atoms with Crippen LogP contribution < -0.4 is 11.1 Å². The third-order valence-corrected chi connectivity index (χ3v) is 13.3. The summed E-state index contributed by atoms with van der Waals surface area (Å²) in [5, 5.41) is 1.94. The van der Waals surface area contributed by atoms with E-state index in [9.17, 15) is 33.7 Å². The van der Waals surface area contributed by atoms with Gasteiger partial charge in [0.15, 0.2) is 39.3 Å². The fraction of sp³-hybridized carbons (Fsp3) is 1.00. The van der Waals surface area contributed by atoms with Gasteiger partial charge in [0.05, 0.1) is 0 Å². The van der Waals surface area contributed by atoms with Crippen molar-refractivity contribution in [3.63, 3.8) is 0 Å². The molecule has 0 amide bonds. The first-order valence-electron chi connectivity index (χ1n) is 6.14. The monoisotopic (exact) mass is 412 g/mol. The van der Waals surface area contributed by atoms with Crippen LogP contribution in [0.4, 0.5) is 0 Å². The molecule has 0 aliphatic carbocycles. The lowest BCUT2D eigenvalue weighted by atomic mass is 10.1. The molecule has 10 nitrogen and oxygen atoms in total. The van der Waals surface area contributed by atoms with Crippen LogP contribution in [0.5, 0.6) is 0 Å². The molecule has 0 spiro atoms. The summed E-state index contributed by atoms with van der Waals surface area (Å²) in [6.45, 7) is 0. The molecule has 23 heavy (non-hydrogen) atoms. The van der Waals surface area contributed by atoms with Gasteiger partial charge in [0.25, 0.3) is 0 Å². The number of hydrogen-bond acceptors (Lipinski definition) is 10. The van der Waals surface area contributed by atoms with E-state index in [0.29, 0.717) is 25.0 Å². The third kappa shape index (κ3) is 3.16. The van der Waals surface area contributed by atoms with Crippen molar-refractivity contribution in [2.24, 2.45) is 5.73 Å². The van der Waals surface area contributed by atoms with Crippen LogP contribution in [0.1, 0.15) is 12.8 Å². The van der Waals surface area contributed by atoms with E-state index in [1.54, 1.807) is 0 Å². The molecule has 0 bridgehead atoms. The molecular weight excluding hydrogens is 392 g/mol. The van der Waals surface area contributed by atoms with Crippen LogP contribution in [0.2, 0.25) is 0 Å². The van der Waals surface area contributed by atoms with Crippen molar-refractivity contribution < 1.29 is 33.7 Å². The summed E-state index contributed by atoms with van der Waals surface area (Å²) < 4.78 is 91.6. The molecular formula is C9H20N2O8S4. The van der Waals surface area contributed by atoms with Gasteiger partial charge >= 0.3 is 0 Å². The van der Waals surface area contributed by atoms with Crippen LogP contribution in [0, 0.1) is 0 Å². The fourth-order valence-corrected chi connectivity index (χ4v) is 10.8. The summed E-state index contributed by atoms with van der Waals surface area (Å²) in [5.74, 6) is 0. The minimum Gasteiger partial charge on any atom is -0.327 e. The summed E-state index contributed by atoms with van der Waals surface area (Å²) in [6, 6.07) is -1.29. The number of nitrogens with one attached hydrogen (secondary N) is 1. The SMILES string of the molecule is CS(=O)(=O)C1(S(C)(=O)=O)CC(N)CC(S(C)(=O)=O)(S(C)(=O)=O)N1. The Morgan fingerprint density at radius 1 is 0.696 bits per heavy atom. The summed E-state index contributed by atoms with van der Waals surface area (Å²) in [7, 11) is -17.9. The summed E-state index contributed by atoms with van der Waals surface area (Å²) >= 11 is 0. The Morgan fingerprint density at radius 2 is 0.913 bits per heavy atom. The highest BCUT2D eigenvalue weighted by molar-refractivity contribution is 8.11. The van der Waals surface area contributed by atoms with Gasteiger partial charge in [0.2, 0.25) is 8.41 Å². The lowest BCUT2D eigenvalue weighted by Crippen LogP contribution is -2.75. The van der Waals surface area contributed by atoms with E-state index in [4.69, 9.17) is 5.73 Å². The first kappa shape index (κ1) is 20.8. The third-order valence-electron chi connectivity index (χ3n) is 3.84. The molecule has 0 aromatic heterocycles. The largest absolute Gasteiger partial charge is 0.327 e. The minimum absolute atomic E-state index is 0.578. The fourth-order valence-electron chi connectivity index (χ4n) is 2.68. The van der Waals surface area contributed by atoms with Crippen molar-refractivity contribution >= 4 is 39.3 Å². The van der Waals surface area contributed by atoms with Crippen molar-refractivity contribution in [1.82, 2.24) is 5.32 Å². The Morgan fingerprint density at radius 3 is 1.09 bits per heavy atom. The Bertz CT molecular complexity index is 774. The second-order valence-corrected chi connectivity index (χ2v) is 15.4. The van der Waals surface area contributed by atoms with E-state index in [0.717, 1.165) is 0 Å². The average Bonchev–Trinajstić information content (AvgIpc) is 2.21. The second-order valence-electron chi connectivity index (χ2n) is 5.89. The zero-order valence-electron chi connectivity index (χ0n) is 13.0. The molecule has 1 heterocycles. The van der Waals surface area contributed by atoms with Crippen LogP contribution in [-0.2, 0) is 39.3 Å². The molecule has 1 fully saturated rings. The molecule has 3 N–H and O–H groups in total.